The topological polar surface area (TPSA) is 20.2 Å². The van der Waals surface area contributed by atoms with Crippen LogP contribution in [-0.4, -0.2) is 14.1 Å². The summed E-state index contributed by atoms with van der Waals surface area (Å²) in [5, 5.41) is 10.4. The molecule has 76 valence electrons. The Balaban J connectivity index is 2.22. The number of alkyl halides is 1. The lowest BCUT2D eigenvalue weighted by atomic mass is 9.63. The molecule has 0 aliphatic heterocycles. The zero-order valence-corrected chi connectivity index (χ0v) is 10.7. The highest BCUT2D eigenvalue weighted by Crippen LogP contribution is 2.53. The van der Waals surface area contributed by atoms with Crippen LogP contribution in [0.5, 0.6) is 0 Å². The Bertz CT molecular complexity index is 180. The van der Waals surface area contributed by atoms with Crippen molar-refractivity contribution in [3.05, 3.63) is 0 Å². The zero-order valence-electron chi connectivity index (χ0n) is 8.52. The van der Waals surface area contributed by atoms with E-state index in [9.17, 15) is 5.11 Å². The van der Waals surface area contributed by atoms with Gasteiger partial charge in [-0.25, -0.2) is 0 Å². The van der Waals surface area contributed by atoms with Crippen molar-refractivity contribution in [1.29, 1.82) is 0 Å². The van der Waals surface area contributed by atoms with Crippen molar-refractivity contribution in [1.82, 2.24) is 0 Å². The van der Waals surface area contributed by atoms with Gasteiger partial charge < -0.3 is 5.11 Å². The van der Waals surface area contributed by atoms with Crippen LogP contribution in [0.3, 0.4) is 0 Å². The van der Waals surface area contributed by atoms with E-state index in [1.54, 1.807) is 0 Å². The lowest BCUT2D eigenvalue weighted by molar-refractivity contribution is -0.0663. The fourth-order valence-electron chi connectivity index (χ4n) is 3.74. The Kier molecular flexibility index (Phi) is 2.43. The molecule has 0 aromatic rings. The van der Waals surface area contributed by atoms with Crippen LogP contribution in [-0.2, 0) is 0 Å². The molecule has 2 aliphatic rings. The third-order valence-corrected chi connectivity index (χ3v) is 4.79. The minimum absolute atomic E-state index is 0.323. The molecule has 2 aliphatic carbocycles. The molecular formula is C11H19IO. The SMILES string of the molecule is C[C@@H]1CC2(O)C[C@H](C)CC(I)(C1)C2. The van der Waals surface area contributed by atoms with Gasteiger partial charge in [0.1, 0.15) is 0 Å². The van der Waals surface area contributed by atoms with Crippen LogP contribution < -0.4 is 0 Å². The molecule has 1 nitrogen and oxygen atoms in total. The van der Waals surface area contributed by atoms with E-state index in [2.05, 4.69) is 36.4 Å². The van der Waals surface area contributed by atoms with Crippen LogP contribution in [0.1, 0.15) is 46.0 Å². The van der Waals surface area contributed by atoms with E-state index in [0.717, 1.165) is 19.3 Å². The lowest BCUT2D eigenvalue weighted by Gasteiger charge is -2.51. The molecule has 0 heterocycles. The summed E-state index contributed by atoms with van der Waals surface area (Å²) in [6.07, 6.45) is 5.71. The first kappa shape index (κ1) is 10.2. The summed E-state index contributed by atoms with van der Waals surface area (Å²) in [7, 11) is 0. The molecule has 1 N–H and O–H groups in total. The Hall–Kier alpha value is 0.690. The van der Waals surface area contributed by atoms with Crippen molar-refractivity contribution in [2.24, 2.45) is 11.8 Å². The van der Waals surface area contributed by atoms with Gasteiger partial charge in [0.25, 0.3) is 0 Å². The van der Waals surface area contributed by atoms with Crippen LogP contribution in [0.2, 0.25) is 0 Å². The zero-order chi connectivity index (χ0) is 9.69. The van der Waals surface area contributed by atoms with Gasteiger partial charge in [-0.2, -0.15) is 0 Å². The van der Waals surface area contributed by atoms with Crippen molar-refractivity contribution in [2.45, 2.75) is 55.0 Å². The summed E-state index contributed by atoms with van der Waals surface area (Å²) in [5.41, 5.74) is -0.323. The van der Waals surface area contributed by atoms with Gasteiger partial charge in [0.05, 0.1) is 5.60 Å². The number of hydrogen-bond donors (Lipinski definition) is 1. The third kappa shape index (κ3) is 2.04. The molecule has 0 radical (unpaired) electrons. The van der Waals surface area contributed by atoms with Gasteiger partial charge >= 0.3 is 0 Å². The first-order valence-electron chi connectivity index (χ1n) is 5.32. The van der Waals surface area contributed by atoms with E-state index in [1.165, 1.54) is 12.8 Å². The van der Waals surface area contributed by atoms with Crippen LogP contribution in [0.25, 0.3) is 0 Å². The van der Waals surface area contributed by atoms with Crippen molar-refractivity contribution in [3.8, 4) is 0 Å². The Labute approximate surface area is 94.4 Å². The summed E-state index contributed by atoms with van der Waals surface area (Å²) in [5.74, 6) is 1.42. The molecule has 2 unspecified atom stereocenters. The number of aliphatic hydroxyl groups is 1. The number of fused-ring (bicyclic) bond motifs is 2. The molecule has 0 aromatic carbocycles. The molecule has 0 aromatic heterocycles. The van der Waals surface area contributed by atoms with Gasteiger partial charge in [-0.1, -0.05) is 36.4 Å². The second-order valence-electron chi connectivity index (χ2n) is 5.58. The average Bonchev–Trinajstić information content (AvgIpc) is 1.75. The van der Waals surface area contributed by atoms with Crippen molar-refractivity contribution >= 4 is 22.6 Å². The first-order chi connectivity index (χ1) is 5.91. The van der Waals surface area contributed by atoms with Crippen molar-refractivity contribution in [2.75, 3.05) is 0 Å². The largest absolute Gasteiger partial charge is 0.390 e. The maximum atomic E-state index is 10.4. The highest BCUT2D eigenvalue weighted by Gasteiger charge is 2.49. The summed E-state index contributed by atoms with van der Waals surface area (Å²) >= 11 is 2.60. The van der Waals surface area contributed by atoms with Crippen molar-refractivity contribution in [3.63, 3.8) is 0 Å². The fraction of sp³-hybridized carbons (Fsp3) is 1.00. The second kappa shape index (κ2) is 3.09. The summed E-state index contributed by atoms with van der Waals surface area (Å²) in [6.45, 7) is 4.57. The minimum Gasteiger partial charge on any atom is -0.390 e. The summed E-state index contributed by atoms with van der Waals surface area (Å²) < 4.78 is 0.405. The van der Waals surface area contributed by atoms with Crippen LogP contribution in [0.15, 0.2) is 0 Å². The molecule has 2 heteroatoms. The Morgan fingerprint density at radius 1 is 1.08 bits per heavy atom. The number of hydrogen-bond acceptors (Lipinski definition) is 1. The van der Waals surface area contributed by atoms with Crippen LogP contribution >= 0.6 is 22.6 Å². The first-order valence-corrected chi connectivity index (χ1v) is 6.40. The summed E-state index contributed by atoms with van der Waals surface area (Å²) in [4.78, 5) is 0. The monoisotopic (exact) mass is 294 g/mol. The van der Waals surface area contributed by atoms with E-state index in [0.29, 0.717) is 15.3 Å². The van der Waals surface area contributed by atoms with Crippen LogP contribution in [0.4, 0.5) is 0 Å². The van der Waals surface area contributed by atoms with Crippen LogP contribution in [0, 0.1) is 11.8 Å². The smallest absolute Gasteiger partial charge is 0.0665 e. The van der Waals surface area contributed by atoms with Gasteiger partial charge in [-0.15, -0.1) is 0 Å². The fourth-order valence-corrected chi connectivity index (χ4v) is 5.95. The standard InChI is InChI=1S/C11H19IO/c1-8-3-10(12)4-9(2)6-11(13,5-8)7-10/h8-9,13H,3-7H2,1-2H3/t8-,9+,10?,11?. The van der Waals surface area contributed by atoms with E-state index in [-0.39, 0.29) is 5.60 Å². The van der Waals surface area contributed by atoms with Crippen molar-refractivity contribution < 1.29 is 5.11 Å². The van der Waals surface area contributed by atoms with E-state index in [4.69, 9.17) is 0 Å². The predicted molar refractivity (Wildman–Crippen MR) is 63.1 cm³/mol. The molecule has 0 spiro atoms. The predicted octanol–water partition coefficient (Wildman–Crippen LogP) is 3.14. The molecular weight excluding hydrogens is 275 g/mol. The van der Waals surface area contributed by atoms with Gasteiger partial charge in [0.2, 0.25) is 0 Å². The molecule has 2 fully saturated rings. The highest BCUT2D eigenvalue weighted by atomic mass is 127. The lowest BCUT2D eigenvalue weighted by Crippen LogP contribution is -2.50. The number of rotatable bonds is 0. The minimum atomic E-state index is -0.323. The van der Waals surface area contributed by atoms with Gasteiger partial charge in [-0.05, 0) is 43.9 Å². The molecule has 2 saturated carbocycles. The molecule has 13 heavy (non-hydrogen) atoms. The van der Waals surface area contributed by atoms with E-state index < -0.39 is 0 Å². The molecule has 0 saturated heterocycles. The Morgan fingerprint density at radius 2 is 1.54 bits per heavy atom. The quantitative estimate of drug-likeness (QED) is 0.537. The normalized spacial score (nSPS) is 56.3. The third-order valence-electron chi connectivity index (χ3n) is 3.53. The molecule has 2 bridgehead atoms. The summed E-state index contributed by atoms with van der Waals surface area (Å²) in [6, 6.07) is 0. The second-order valence-corrected chi connectivity index (χ2v) is 7.87. The molecule has 2 rings (SSSR count). The molecule has 0 amide bonds. The highest BCUT2D eigenvalue weighted by molar-refractivity contribution is 14.1. The number of halogens is 1. The van der Waals surface area contributed by atoms with Gasteiger partial charge in [0, 0.05) is 3.42 Å². The average molecular weight is 294 g/mol. The molecule has 4 atom stereocenters. The maximum Gasteiger partial charge on any atom is 0.0665 e. The van der Waals surface area contributed by atoms with Gasteiger partial charge in [-0.3, -0.25) is 0 Å². The maximum absolute atomic E-state index is 10.4. The van der Waals surface area contributed by atoms with Gasteiger partial charge in [0.15, 0.2) is 0 Å². The Morgan fingerprint density at radius 3 is 1.92 bits per heavy atom. The van der Waals surface area contributed by atoms with E-state index in [1.807, 2.05) is 0 Å². The van der Waals surface area contributed by atoms with E-state index >= 15 is 0 Å².